The molecule has 0 aliphatic carbocycles. The van der Waals surface area contributed by atoms with Crippen LogP contribution in [0.1, 0.15) is 49.0 Å². The molecule has 0 saturated carbocycles. The molecule has 1 aromatic rings. The average molecular weight is 267 g/mol. The maximum atomic E-state index is 11.3. The Morgan fingerprint density at radius 2 is 2.11 bits per heavy atom. The molecule has 1 aliphatic rings. The highest BCUT2D eigenvalue weighted by Gasteiger charge is 2.29. The van der Waals surface area contributed by atoms with E-state index in [-0.39, 0.29) is 17.3 Å². The van der Waals surface area contributed by atoms with Crippen LogP contribution in [0.5, 0.6) is 0 Å². The third-order valence-electron chi connectivity index (χ3n) is 3.60. The highest BCUT2D eigenvalue weighted by Crippen LogP contribution is 2.25. The summed E-state index contributed by atoms with van der Waals surface area (Å²) in [5.74, 6) is 0.534. The summed E-state index contributed by atoms with van der Waals surface area (Å²) in [5.41, 5.74) is 0.0515. The van der Waals surface area contributed by atoms with Gasteiger partial charge in [0.05, 0.1) is 13.2 Å². The lowest BCUT2D eigenvalue weighted by Gasteiger charge is -2.36. The highest BCUT2D eigenvalue weighted by molar-refractivity contribution is 5.86. The van der Waals surface area contributed by atoms with Gasteiger partial charge < -0.3 is 19.2 Å². The van der Waals surface area contributed by atoms with Crippen molar-refractivity contribution in [3.63, 3.8) is 0 Å². The van der Waals surface area contributed by atoms with E-state index in [0.29, 0.717) is 0 Å². The van der Waals surface area contributed by atoms with Crippen molar-refractivity contribution in [2.24, 2.45) is 0 Å². The molecule has 5 nitrogen and oxygen atoms in total. The van der Waals surface area contributed by atoms with Gasteiger partial charge in [-0.05, 0) is 38.8 Å². The predicted molar refractivity (Wildman–Crippen MR) is 70.1 cm³/mol. The highest BCUT2D eigenvalue weighted by atomic mass is 16.5. The minimum atomic E-state index is -0.448. The summed E-state index contributed by atoms with van der Waals surface area (Å²) in [4.78, 5) is 11.3. The van der Waals surface area contributed by atoms with Crippen LogP contribution < -0.4 is 5.32 Å². The largest absolute Gasteiger partial charge is 0.463 e. The molecule has 0 aromatic carbocycles. The van der Waals surface area contributed by atoms with Crippen molar-refractivity contribution >= 4 is 5.97 Å². The zero-order chi connectivity index (χ0) is 13.9. The van der Waals surface area contributed by atoms with Crippen molar-refractivity contribution in [1.82, 2.24) is 5.32 Å². The summed E-state index contributed by atoms with van der Waals surface area (Å²) in [6.07, 6.45) is 1.95. The Kier molecular flexibility index (Phi) is 4.27. The number of carbonyl (C=O) groups is 1. The summed E-state index contributed by atoms with van der Waals surface area (Å²) in [7, 11) is 1.34. The molecule has 0 bridgehead atoms. The third-order valence-corrected chi connectivity index (χ3v) is 3.60. The van der Waals surface area contributed by atoms with Gasteiger partial charge in [-0.15, -0.1) is 0 Å². The Labute approximate surface area is 113 Å². The molecule has 19 heavy (non-hydrogen) atoms. The topological polar surface area (TPSA) is 60.7 Å². The van der Waals surface area contributed by atoms with Gasteiger partial charge in [0.1, 0.15) is 5.76 Å². The van der Waals surface area contributed by atoms with Crippen LogP contribution in [-0.2, 0) is 9.47 Å². The van der Waals surface area contributed by atoms with E-state index in [0.717, 1.165) is 31.8 Å². The molecular weight excluding hydrogens is 246 g/mol. The molecule has 0 radical (unpaired) electrons. The SMILES string of the molecule is COC(=O)c1ccc(C(C)NC2(C)CCOCC2)o1. The molecule has 0 amide bonds. The van der Waals surface area contributed by atoms with Crippen LogP contribution in [0, 0.1) is 0 Å². The van der Waals surface area contributed by atoms with Crippen LogP contribution in [0.4, 0.5) is 0 Å². The Hall–Kier alpha value is -1.33. The van der Waals surface area contributed by atoms with E-state index in [1.807, 2.05) is 13.0 Å². The van der Waals surface area contributed by atoms with Gasteiger partial charge in [-0.2, -0.15) is 0 Å². The third kappa shape index (κ3) is 3.36. The standard InChI is InChI=1S/C14H21NO4/c1-10(15-14(2)6-8-18-9-7-14)11-4-5-12(19-11)13(16)17-3/h4-5,10,15H,6-9H2,1-3H3. The molecule has 2 heterocycles. The number of esters is 1. The lowest BCUT2D eigenvalue weighted by atomic mass is 9.91. The van der Waals surface area contributed by atoms with E-state index in [1.54, 1.807) is 6.07 Å². The fourth-order valence-electron chi connectivity index (χ4n) is 2.36. The van der Waals surface area contributed by atoms with Crippen LogP contribution in [0.15, 0.2) is 16.5 Å². The smallest absolute Gasteiger partial charge is 0.373 e. The zero-order valence-electron chi connectivity index (χ0n) is 11.7. The molecule has 1 unspecified atom stereocenters. The van der Waals surface area contributed by atoms with Crippen molar-refractivity contribution in [3.8, 4) is 0 Å². The van der Waals surface area contributed by atoms with Crippen LogP contribution in [-0.4, -0.2) is 31.8 Å². The van der Waals surface area contributed by atoms with Gasteiger partial charge in [-0.1, -0.05) is 0 Å². The lowest BCUT2D eigenvalue weighted by Crippen LogP contribution is -2.47. The van der Waals surface area contributed by atoms with E-state index in [1.165, 1.54) is 7.11 Å². The maximum Gasteiger partial charge on any atom is 0.373 e. The first-order valence-corrected chi connectivity index (χ1v) is 6.57. The van der Waals surface area contributed by atoms with Crippen LogP contribution in [0.3, 0.4) is 0 Å². The number of nitrogens with one attached hydrogen (secondary N) is 1. The van der Waals surface area contributed by atoms with Gasteiger partial charge in [-0.3, -0.25) is 0 Å². The van der Waals surface area contributed by atoms with Gasteiger partial charge in [0.25, 0.3) is 0 Å². The number of furan rings is 1. The molecule has 5 heteroatoms. The number of hydrogen-bond donors (Lipinski definition) is 1. The number of methoxy groups -OCH3 is 1. The molecule has 1 aliphatic heterocycles. The van der Waals surface area contributed by atoms with Crippen LogP contribution in [0.25, 0.3) is 0 Å². The molecule has 1 aromatic heterocycles. The summed E-state index contributed by atoms with van der Waals surface area (Å²) in [6.45, 7) is 5.78. The van der Waals surface area contributed by atoms with Gasteiger partial charge in [0, 0.05) is 18.8 Å². The van der Waals surface area contributed by atoms with Crippen LogP contribution >= 0.6 is 0 Å². The minimum Gasteiger partial charge on any atom is -0.463 e. The predicted octanol–water partition coefficient (Wildman–Crippen LogP) is 2.29. The molecule has 1 fully saturated rings. The second-order valence-electron chi connectivity index (χ2n) is 5.23. The van der Waals surface area contributed by atoms with Gasteiger partial charge in [0.2, 0.25) is 5.76 Å². The molecule has 1 atom stereocenters. The van der Waals surface area contributed by atoms with E-state index in [4.69, 9.17) is 9.15 Å². The fraction of sp³-hybridized carbons (Fsp3) is 0.643. The zero-order valence-corrected chi connectivity index (χ0v) is 11.7. The first-order valence-electron chi connectivity index (χ1n) is 6.57. The quantitative estimate of drug-likeness (QED) is 0.848. The van der Waals surface area contributed by atoms with Crippen molar-refractivity contribution in [2.45, 2.75) is 38.3 Å². The number of hydrogen-bond acceptors (Lipinski definition) is 5. The fourth-order valence-corrected chi connectivity index (χ4v) is 2.36. The van der Waals surface area contributed by atoms with Crippen molar-refractivity contribution in [3.05, 3.63) is 23.7 Å². The van der Waals surface area contributed by atoms with Crippen molar-refractivity contribution in [1.29, 1.82) is 0 Å². The summed E-state index contributed by atoms with van der Waals surface area (Å²) < 4.78 is 15.5. The Balaban J connectivity index is 2.01. The number of carbonyl (C=O) groups excluding carboxylic acids is 1. The van der Waals surface area contributed by atoms with Crippen molar-refractivity contribution in [2.75, 3.05) is 20.3 Å². The Morgan fingerprint density at radius 3 is 2.74 bits per heavy atom. The van der Waals surface area contributed by atoms with Gasteiger partial charge in [0.15, 0.2) is 0 Å². The molecule has 1 saturated heterocycles. The molecule has 1 N–H and O–H groups in total. The summed E-state index contributed by atoms with van der Waals surface area (Å²) in [6, 6.07) is 3.50. The van der Waals surface area contributed by atoms with E-state index < -0.39 is 5.97 Å². The van der Waals surface area contributed by atoms with E-state index in [2.05, 4.69) is 17.0 Å². The normalized spacial score (nSPS) is 19.9. The van der Waals surface area contributed by atoms with E-state index >= 15 is 0 Å². The number of rotatable bonds is 4. The summed E-state index contributed by atoms with van der Waals surface area (Å²) in [5, 5.41) is 3.56. The summed E-state index contributed by atoms with van der Waals surface area (Å²) >= 11 is 0. The number of ether oxygens (including phenoxy) is 2. The van der Waals surface area contributed by atoms with Gasteiger partial charge in [-0.25, -0.2) is 4.79 Å². The van der Waals surface area contributed by atoms with Crippen LogP contribution in [0.2, 0.25) is 0 Å². The molecule has 106 valence electrons. The molecule has 0 spiro atoms. The van der Waals surface area contributed by atoms with E-state index in [9.17, 15) is 4.79 Å². The Morgan fingerprint density at radius 1 is 1.42 bits per heavy atom. The lowest BCUT2D eigenvalue weighted by molar-refractivity contribution is 0.0400. The Bertz CT molecular complexity index is 434. The maximum absolute atomic E-state index is 11.3. The first kappa shape index (κ1) is 14.1. The monoisotopic (exact) mass is 267 g/mol. The molecular formula is C14H21NO4. The molecule has 2 rings (SSSR count). The minimum absolute atomic E-state index is 0.0431. The average Bonchev–Trinajstić information content (AvgIpc) is 2.88. The second kappa shape index (κ2) is 5.75. The van der Waals surface area contributed by atoms with Gasteiger partial charge >= 0.3 is 5.97 Å². The van der Waals surface area contributed by atoms with Crippen molar-refractivity contribution < 1.29 is 18.7 Å². The second-order valence-corrected chi connectivity index (χ2v) is 5.23. The first-order chi connectivity index (χ1) is 9.04.